The minimum atomic E-state index is -0.409. The lowest BCUT2D eigenvalue weighted by Crippen LogP contribution is -2.34. The average Bonchev–Trinajstić information content (AvgIpc) is 3.14. The van der Waals surface area contributed by atoms with E-state index in [1.165, 1.54) is 0 Å². The summed E-state index contributed by atoms with van der Waals surface area (Å²) in [4.78, 5) is 4.47. The molecule has 5 nitrogen and oxygen atoms in total. The van der Waals surface area contributed by atoms with Gasteiger partial charge in [-0.1, -0.05) is 34.1 Å². The standard InChI is InChI=1S/C21H16BrN3O2/c22-13-8-9-20-15(11-13)18-12-17(14-5-1-2-7-19(14)26)24-25(18)21(27-20)16-6-3-4-10-23-16/h1-11,18,21,26H,12H2/t18-,21+/m0/s1. The number of pyridine rings is 1. The van der Waals surface area contributed by atoms with Crippen molar-refractivity contribution in [1.29, 1.82) is 0 Å². The van der Waals surface area contributed by atoms with E-state index in [1.54, 1.807) is 12.3 Å². The summed E-state index contributed by atoms with van der Waals surface area (Å²) in [7, 11) is 0. The maximum Gasteiger partial charge on any atom is 0.230 e. The molecular formula is C21H16BrN3O2. The van der Waals surface area contributed by atoms with E-state index >= 15 is 0 Å². The van der Waals surface area contributed by atoms with Gasteiger partial charge in [0.05, 0.1) is 11.8 Å². The number of aromatic nitrogens is 1. The molecule has 0 saturated carbocycles. The number of hydrazone groups is 1. The lowest BCUT2D eigenvalue weighted by Gasteiger charge is -2.37. The summed E-state index contributed by atoms with van der Waals surface area (Å²) in [6, 6.07) is 19.1. The third-order valence-corrected chi connectivity index (χ3v) is 5.40. The Bertz CT molecular complexity index is 1040. The van der Waals surface area contributed by atoms with Crippen LogP contribution in [0.25, 0.3) is 0 Å². The van der Waals surface area contributed by atoms with Crippen molar-refractivity contribution >= 4 is 21.6 Å². The molecule has 3 aromatic rings. The number of para-hydroxylation sites is 1. The summed E-state index contributed by atoms with van der Waals surface area (Å²) in [6.07, 6.45) is 2.04. The van der Waals surface area contributed by atoms with Crippen molar-refractivity contribution in [2.75, 3.05) is 0 Å². The largest absolute Gasteiger partial charge is 0.507 e. The van der Waals surface area contributed by atoms with Crippen LogP contribution in [0.15, 0.2) is 76.4 Å². The molecule has 6 heteroatoms. The SMILES string of the molecule is Oc1ccccc1C1=NN2[C@@H](c3ccccn3)Oc3ccc(Br)cc3[C@@H]2C1. The highest BCUT2D eigenvalue weighted by Crippen LogP contribution is 2.48. The van der Waals surface area contributed by atoms with Crippen molar-refractivity contribution in [3.05, 3.63) is 88.2 Å². The molecule has 0 aliphatic carbocycles. The zero-order valence-electron chi connectivity index (χ0n) is 14.3. The predicted octanol–water partition coefficient (Wildman–Crippen LogP) is 4.79. The topological polar surface area (TPSA) is 58.0 Å². The van der Waals surface area contributed by atoms with E-state index in [9.17, 15) is 5.11 Å². The van der Waals surface area contributed by atoms with E-state index in [1.807, 2.05) is 53.5 Å². The van der Waals surface area contributed by atoms with Gasteiger partial charge in [0.2, 0.25) is 6.23 Å². The zero-order valence-corrected chi connectivity index (χ0v) is 15.9. The Morgan fingerprint density at radius 2 is 1.93 bits per heavy atom. The maximum atomic E-state index is 10.3. The fourth-order valence-electron chi connectivity index (χ4n) is 3.66. The highest BCUT2D eigenvalue weighted by atomic mass is 79.9. The highest BCUT2D eigenvalue weighted by molar-refractivity contribution is 9.10. The fraction of sp³-hybridized carbons (Fsp3) is 0.143. The third kappa shape index (κ3) is 2.77. The molecule has 0 saturated heterocycles. The maximum absolute atomic E-state index is 10.3. The molecule has 0 bridgehead atoms. The number of fused-ring (bicyclic) bond motifs is 3. The molecule has 1 N–H and O–H groups in total. The monoisotopic (exact) mass is 421 g/mol. The highest BCUT2D eigenvalue weighted by Gasteiger charge is 2.41. The van der Waals surface area contributed by atoms with Gasteiger partial charge in [-0.3, -0.25) is 4.98 Å². The second-order valence-corrected chi connectivity index (χ2v) is 7.49. The number of hydrogen-bond acceptors (Lipinski definition) is 5. The molecule has 5 rings (SSSR count). The number of phenols is 1. The van der Waals surface area contributed by atoms with Crippen molar-refractivity contribution in [3.63, 3.8) is 0 Å². The molecule has 0 radical (unpaired) electrons. The number of nitrogens with zero attached hydrogens (tertiary/aromatic N) is 3. The molecular weight excluding hydrogens is 406 g/mol. The lowest BCUT2D eigenvalue weighted by atomic mass is 9.96. The van der Waals surface area contributed by atoms with Crippen molar-refractivity contribution in [3.8, 4) is 11.5 Å². The summed E-state index contributed by atoms with van der Waals surface area (Å²) >= 11 is 3.56. The molecule has 2 aromatic carbocycles. The van der Waals surface area contributed by atoms with Gasteiger partial charge in [0, 0.05) is 28.2 Å². The summed E-state index contributed by atoms with van der Waals surface area (Å²) < 4.78 is 7.27. The van der Waals surface area contributed by atoms with Gasteiger partial charge in [-0.05, 0) is 42.5 Å². The van der Waals surface area contributed by atoms with Crippen LogP contribution in [0, 0.1) is 0 Å². The molecule has 1 aromatic heterocycles. The minimum Gasteiger partial charge on any atom is -0.507 e. The Balaban J connectivity index is 1.63. The normalized spacial score (nSPS) is 20.5. The van der Waals surface area contributed by atoms with Gasteiger partial charge in [0.25, 0.3) is 0 Å². The van der Waals surface area contributed by atoms with Crippen LogP contribution >= 0.6 is 15.9 Å². The van der Waals surface area contributed by atoms with E-state index in [0.29, 0.717) is 6.42 Å². The molecule has 134 valence electrons. The van der Waals surface area contributed by atoms with Crippen LogP contribution in [0.5, 0.6) is 11.5 Å². The summed E-state index contributed by atoms with van der Waals surface area (Å²) in [6.45, 7) is 0. The molecule has 27 heavy (non-hydrogen) atoms. The first-order valence-corrected chi connectivity index (χ1v) is 9.51. The molecule has 0 unspecified atom stereocenters. The smallest absolute Gasteiger partial charge is 0.230 e. The molecule has 0 fully saturated rings. The van der Waals surface area contributed by atoms with Gasteiger partial charge < -0.3 is 9.84 Å². The summed E-state index contributed by atoms with van der Waals surface area (Å²) in [5.74, 6) is 1.07. The number of halogens is 1. The van der Waals surface area contributed by atoms with E-state index in [-0.39, 0.29) is 11.8 Å². The van der Waals surface area contributed by atoms with Gasteiger partial charge >= 0.3 is 0 Å². The molecule has 0 amide bonds. The third-order valence-electron chi connectivity index (χ3n) is 4.91. The second kappa shape index (κ2) is 6.39. The average molecular weight is 422 g/mol. The minimum absolute atomic E-state index is 0.0212. The number of hydrogen-bond donors (Lipinski definition) is 1. The first kappa shape index (κ1) is 16.3. The molecule has 2 aliphatic heterocycles. The fourth-order valence-corrected chi connectivity index (χ4v) is 4.03. The van der Waals surface area contributed by atoms with Crippen molar-refractivity contribution in [1.82, 2.24) is 9.99 Å². The van der Waals surface area contributed by atoms with Crippen molar-refractivity contribution in [2.45, 2.75) is 18.7 Å². The van der Waals surface area contributed by atoms with E-state index in [2.05, 4.69) is 27.0 Å². The van der Waals surface area contributed by atoms with Crippen molar-refractivity contribution < 1.29 is 9.84 Å². The molecule has 2 aliphatic rings. The van der Waals surface area contributed by atoms with Crippen molar-refractivity contribution in [2.24, 2.45) is 5.10 Å². The van der Waals surface area contributed by atoms with E-state index in [4.69, 9.17) is 9.84 Å². The van der Waals surface area contributed by atoms with Crippen LogP contribution in [0.3, 0.4) is 0 Å². The molecule has 2 atom stereocenters. The Morgan fingerprint density at radius 3 is 2.74 bits per heavy atom. The van der Waals surface area contributed by atoms with E-state index < -0.39 is 6.23 Å². The quantitative estimate of drug-likeness (QED) is 0.645. The van der Waals surface area contributed by atoms with Gasteiger partial charge in [-0.25, -0.2) is 5.01 Å². The van der Waals surface area contributed by atoms with Gasteiger partial charge in [0.1, 0.15) is 17.2 Å². The molecule has 0 spiro atoms. The Morgan fingerprint density at radius 1 is 1.07 bits per heavy atom. The van der Waals surface area contributed by atoms with Crippen LogP contribution < -0.4 is 4.74 Å². The number of ether oxygens (including phenoxy) is 1. The molecule has 3 heterocycles. The number of benzene rings is 2. The van der Waals surface area contributed by atoms with Crippen LogP contribution in [0.2, 0.25) is 0 Å². The van der Waals surface area contributed by atoms with Crippen LogP contribution in [-0.4, -0.2) is 20.8 Å². The van der Waals surface area contributed by atoms with E-state index in [0.717, 1.165) is 32.8 Å². The second-order valence-electron chi connectivity index (χ2n) is 6.57. The number of rotatable bonds is 2. The predicted molar refractivity (Wildman–Crippen MR) is 106 cm³/mol. The van der Waals surface area contributed by atoms with Gasteiger partial charge in [-0.2, -0.15) is 5.10 Å². The Labute approximate surface area is 165 Å². The lowest BCUT2D eigenvalue weighted by molar-refractivity contribution is -0.0218. The number of phenolic OH excluding ortho intramolecular Hbond substituents is 1. The summed E-state index contributed by atoms with van der Waals surface area (Å²) in [5.41, 5.74) is 3.47. The first-order chi connectivity index (χ1) is 13.2. The van der Waals surface area contributed by atoms with Crippen LogP contribution in [0.4, 0.5) is 0 Å². The first-order valence-electron chi connectivity index (χ1n) is 8.72. The zero-order chi connectivity index (χ0) is 18.4. The van der Waals surface area contributed by atoms with Crippen LogP contribution in [-0.2, 0) is 0 Å². The van der Waals surface area contributed by atoms with Gasteiger partial charge in [0.15, 0.2) is 0 Å². The Hall–Kier alpha value is -2.86. The number of aromatic hydroxyl groups is 1. The van der Waals surface area contributed by atoms with Crippen LogP contribution in [0.1, 0.15) is 35.5 Å². The van der Waals surface area contributed by atoms with Gasteiger partial charge in [-0.15, -0.1) is 0 Å². The Kier molecular flexibility index (Phi) is 3.86. The summed E-state index contributed by atoms with van der Waals surface area (Å²) in [5, 5.41) is 17.1.